The number of nitriles is 1. The predicted octanol–water partition coefficient (Wildman–Crippen LogP) is 3.42. The zero-order valence-corrected chi connectivity index (χ0v) is 16.1. The van der Waals surface area contributed by atoms with Crippen molar-refractivity contribution in [3.8, 4) is 11.8 Å². The van der Waals surface area contributed by atoms with E-state index in [1.54, 1.807) is 25.3 Å². The molecule has 1 heterocycles. The van der Waals surface area contributed by atoms with Gasteiger partial charge in [-0.05, 0) is 42.5 Å². The van der Waals surface area contributed by atoms with Gasteiger partial charge in [0.05, 0.1) is 29.3 Å². The van der Waals surface area contributed by atoms with Crippen LogP contribution >= 0.6 is 0 Å². The first kappa shape index (κ1) is 17.7. The first-order chi connectivity index (χ1) is 12.9. The molecule has 0 bridgehead atoms. The van der Waals surface area contributed by atoms with E-state index in [2.05, 4.69) is 12.1 Å². The Kier molecular flexibility index (Phi) is 4.27. The van der Waals surface area contributed by atoms with Crippen LogP contribution in [0.25, 0.3) is 5.57 Å². The number of benzene rings is 1. The highest BCUT2D eigenvalue weighted by atomic mass is 32.2. The van der Waals surface area contributed by atoms with Crippen molar-refractivity contribution in [1.82, 2.24) is 4.98 Å². The van der Waals surface area contributed by atoms with E-state index in [9.17, 15) is 13.7 Å². The molecule has 4 rings (SSSR count). The number of allylic oxidation sites excluding steroid dienone is 2. The summed E-state index contributed by atoms with van der Waals surface area (Å²) in [6, 6.07) is 9.37. The van der Waals surface area contributed by atoms with Crippen LogP contribution in [0.4, 0.5) is 0 Å². The molecule has 138 valence electrons. The number of pyridine rings is 1. The van der Waals surface area contributed by atoms with Gasteiger partial charge in [-0.1, -0.05) is 12.1 Å². The third kappa shape index (κ3) is 3.35. The first-order valence-electron chi connectivity index (χ1n) is 8.91. The third-order valence-electron chi connectivity index (χ3n) is 5.14. The highest BCUT2D eigenvalue weighted by Gasteiger charge is 2.31. The number of hydrogen-bond acceptors (Lipinski definition) is 5. The Bertz CT molecular complexity index is 1110. The molecule has 0 amide bonds. The minimum absolute atomic E-state index is 0.242. The van der Waals surface area contributed by atoms with Crippen molar-refractivity contribution in [2.24, 2.45) is 0 Å². The van der Waals surface area contributed by atoms with Gasteiger partial charge in [0, 0.05) is 35.9 Å². The minimum Gasteiger partial charge on any atom is -0.496 e. The first-order valence-corrected chi connectivity index (χ1v) is 10.8. The molecule has 2 aliphatic carbocycles. The Labute approximate surface area is 159 Å². The molecule has 1 fully saturated rings. The maximum atomic E-state index is 11.8. The Hall–Kier alpha value is -2.65. The molecule has 0 radical (unpaired) electrons. The van der Waals surface area contributed by atoms with Crippen LogP contribution in [-0.4, -0.2) is 26.8 Å². The van der Waals surface area contributed by atoms with Gasteiger partial charge in [-0.3, -0.25) is 4.98 Å². The second-order valence-electron chi connectivity index (χ2n) is 7.16. The van der Waals surface area contributed by atoms with Crippen LogP contribution in [0.5, 0.6) is 5.75 Å². The molecule has 1 aromatic heterocycles. The van der Waals surface area contributed by atoms with E-state index >= 15 is 0 Å². The van der Waals surface area contributed by atoms with Gasteiger partial charge in [-0.25, -0.2) is 8.42 Å². The van der Waals surface area contributed by atoms with Crippen LogP contribution in [0, 0.1) is 11.3 Å². The molecule has 0 aliphatic heterocycles. The number of aromatic nitrogens is 1. The molecule has 0 saturated heterocycles. The van der Waals surface area contributed by atoms with Crippen molar-refractivity contribution >= 4 is 15.4 Å². The van der Waals surface area contributed by atoms with E-state index in [0.29, 0.717) is 24.5 Å². The van der Waals surface area contributed by atoms with Crippen LogP contribution in [0.1, 0.15) is 46.8 Å². The number of rotatable bonds is 5. The zero-order chi connectivity index (χ0) is 19.2. The molecule has 5 nitrogen and oxygen atoms in total. The summed E-state index contributed by atoms with van der Waals surface area (Å²) in [4.78, 5) is 5.03. The van der Waals surface area contributed by atoms with Gasteiger partial charge in [0.2, 0.25) is 0 Å². The van der Waals surface area contributed by atoms with E-state index in [0.717, 1.165) is 40.9 Å². The smallest absolute Gasteiger partial charge is 0.175 e. The summed E-state index contributed by atoms with van der Waals surface area (Å²) in [6.45, 7) is 0. The van der Waals surface area contributed by atoms with E-state index in [4.69, 9.17) is 9.72 Å². The number of ether oxygens (including phenoxy) is 1. The Morgan fingerprint density at radius 2 is 2.07 bits per heavy atom. The van der Waals surface area contributed by atoms with E-state index in [1.807, 2.05) is 6.08 Å². The van der Waals surface area contributed by atoms with Crippen molar-refractivity contribution in [3.05, 3.63) is 58.4 Å². The minimum atomic E-state index is -3.28. The number of nitrogens with zero attached hydrogens (tertiary/aromatic N) is 2. The van der Waals surface area contributed by atoms with Crippen molar-refractivity contribution in [2.45, 2.75) is 36.5 Å². The quantitative estimate of drug-likeness (QED) is 0.794. The summed E-state index contributed by atoms with van der Waals surface area (Å²) in [5.41, 5.74) is 5.79. The van der Waals surface area contributed by atoms with Gasteiger partial charge in [-0.2, -0.15) is 5.26 Å². The fourth-order valence-corrected chi connectivity index (χ4v) is 4.28. The fourth-order valence-electron chi connectivity index (χ4n) is 3.64. The molecular weight excluding hydrogens is 360 g/mol. The molecule has 0 unspecified atom stereocenters. The van der Waals surface area contributed by atoms with Crippen molar-refractivity contribution < 1.29 is 13.2 Å². The monoisotopic (exact) mass is 380 g/mol. The Balaban J connectivity index is 1.72. The molecule has 0 N–H and O–H groups in total. The van der Waals surface area contributed by atoms with E-state index in [-0.39, 0.29) is 4.90 Å². The summed E-state index contributed by atoms with van der Waals surface area (Å²) in [6.07, 6.45) is 6.69. The molecule has 0 atom stereocenters. The lowest BCUT2D eigenvalue weighted by atomic mass is 9.97. The van der Waals surface area contributed by atoms with Crippen molar-refractivity contribution in [2.75, 3.05) is 13.4 Å². The summed E-state index contributed by atoms with van der Waals surface area (Å²) in [5.74, 6) is 1.06. The molecule has 1 aromatic carbocycles. The highest BCUT2D eigenvalue weighted by molar-refractivity contribution is 7.90. The zero-order valence-electron chi connectivity index (χ0n) is 15.3. The lowest BCUT2D eigenvalue weighted by Gasteiger charge is -2.13. The van der Waals surface area contributed by atoms with E-state index < -0.39 is 9.84 Å². The predicted molar refractivity (Wildman–Crippen MR) is 102 cm³/mol. The van der Waals surface area contributed by atoms with Crippen LogP contribution in [0.15, 0.2) is 35.2 Å². The summed E-state index contributed by atoms with van der Waals surface area (Å²) in [7, 11) is -1.74. The molecular formula is C21H20N2O3S. The van der Waals surface area contributed by atoms with Crippen LogP contribution in [0.2, 0.25) is 0 Å². The summed E-state index contributed by atoms with van der Waals surface area (Å²) in [5, 5.41) is 9.39. The van der Waals surface area contributed by atoms with Crippen molar-refractivity contribution in [3.63, 3.8) is 0 Å². The van der Waals surface area contributed by atoms with Gasteiger partial charge < -0.3 is 4.74 Å². The molecule has 1 saturated carbocycles. The van der Waals surface area contributed by atoms with Gasteiger partial charge in [0.15, 0.2) is 9.84 Å². The van der Waals surface area contributed by atoms with Crippen LogP contribution in [0.3, 0.4) is 0 Å². The number of methoxy groups -OCH3 is 1. The van der Waals surface area contributed by atoms with Crippen LogP contribution < -0.4 is 4.74 Å². The average molecular weight is 380 g/mol. The van der Waals surface area contributed by atoms with Gasteiger partial charge in [0.1, 0.15) is 5.75 Å². The van der Waals surface area contributed by atoms with Gasteiger partial charge in [0.25, 0.3) is 0 Å². The average Bonchev–Trinajstić information content (AvgIpc) is 3.40. The normalized spacial score (nSPS) is 15.8. The lowest BCUT2D eigenvalue weighted by molar-refractivity contribution is 0.409. The number of sulfone groups is 1. The molecule has 6 heteroatoms. The van der Waals surface area contributed by atoms with E-state index in [1.165, 1.54) is 11.8 Å². The topological polar surface area (TPSA) is 80.1 Å². The van der Waals surface area contributed by atoms with Gasteiger partial charge in [-0.15, -0.1) is 0 Å². The maximum Gasteiger partial charge on any atom is 0.175 e. The fraction of sp³-hybridized carbons (Fsp3) is 0.333. The lowest BCUT2D eigenvalue weighted by Crippen LogP contribution is -2.04. The Morgan fingerprint density at radius 3 is 2.70 bits per heavy atom. The maximum absolute atomic E-state index is 11.8. The second kappa shape index (κ2) is 6.50. The highest BCUT2D eigenvalue weighted by Crippen LogP contribution is 2.45. The third-order valence-corrected chi connectivity index (χ3v) is 6.25. The SMILES string of the molecule is COc1cc(S(C)(=O)=O)ccc1Cc1cc(C2CC2)c2c(n1)CC=C2C#N. The largest absolute Gasteiger partial charge is 0.496 e. The van der Waals surface area contributed by atoms with Crippen molar-refractivity contribution in [1.29, 1.82) is 5.26 Å². The standard InChI is InChI=1S/C21H20N2O3S/c1-26-20-11-17(27(2,24)25)7-5-14(20)9-16-10-18(13-3-4-13)21-15(12-22)6-8-19(21)23-16/h5-7,10-11,13H,3-4,8-9H2,1-2H3. The number of fused-ring (bicyclic) bond motifs is 1. The number of hydrogen-bond donors (Lipinski definition) is 0. The molecule has 2 aromatic rings. The Morgan fingerprint density at radius 1 is 1.30 bits per heavy atom. The molecule has 2 aliphatic rings. The van der Waals surface area contributed by atoms with Gasteiger partial charge >= 0.3 is 0 Å². The van der Waals surface area contributed by atoms with Crippen LogP contribution in [-0.2, 0) is 22.7 Å². The summed E-state index contributed by atoms with van der Waals surface area (Å²) < 4.78 is 29.0. The second-order valence-corrected chi connectivity index (χ2v) is 9.17. The molecule has 27 heavy (non-hydrogen) atoms. The molecule has 0 spiro atoms. The summed E-state index contributed by atoms with van der Waals surface area (Å²) >= 11 is 0.